The van der Waals surface area contributed by atoms with Crippen LogP contribution >= 0.6 is 0 Å². The van der Waals surface area contributed by atoms with Gasteiger partial charge < -0.3 is 4.57 Å². The number of benzene rings is 5. The Morgan fingerprint density at radius 2 is 1.38 bits per heavy atom. The van der Waals surface area contributed by atoms with Gasteiger partial charge in [-0.1, -0.05) is 90.0 Å². The molecule has 1 nitrogen and oxygen atoms in total. The summed E-state index contributed by atoms with van der Waals surface area (Å²) in [5.74, 6) is 0.561. The van der Waals surface area contributed by atoms with Crippen LogP contribution in [0, 0.1) is 13.8 Å². The van der Waals surface area contributed by atoms with E-state index >= 15 is 0 Å². The van der Waals surface area contributed by atoms with E-state index in [1.807, 2.05) is 0 Å². The van der Waals surface area contributed by atoms with Gasteiger partial charge in [0.1, 0.15) is 0 Å². The predicted octanol–water partition coefficient (Wildman–Crippen LogP) is 9.34. The van der Waals surface area contributed by atoms with Crippen molar-refractivity contribution in [3.8, 4) is 16.8 Å². The number of hydrogen-bond acceptors (Lipinski definition) is 0. The third-order valence-corrected chi connectivity index (χ3v) is 8.23. The van der Waals surface area contributed by atoms with Crippen molar-refractivity contribution in [2.45, 2.75) is 39.0 Å². The van der Waals surface area contributed by atoms with E-state index in [0.29, 0.717) is 5.92 Å². The Morgan fingerprint density at radius 3 is 2.27 bits per heavy atom. The van der Waals surface area contributed by atoms with Crippen LogP contribution in [0.25, 0.3) is 38.6 Å². The van der Waals surface area contributed by atoms with Gasteiger partial charge in [-0.05, 0) is 97.2 Å². The highest BCUT2D eigenvalue weighted by Crippen LogP contribution is 2.42. The van der Waals surface area contributed by atoms with Gasteiger partial charge >= 0.3 is 0 Å². The van der Waals surface area contributed by atoms with Crippen molar-refractivity contribution >= 4 is 21.8 Å². The minimum atomic E-state index is 0.561. The zero-order valence-corrected chi connectivity index (χ0v) is 21.5. The first-order chi connectivity index (χ1) is 18.2. The molecule has 7 rings (SSSR count). The van der Waals surface area contributed by atoms with E-state index in [0.717, 1.165) is 12.8 Å². The number of hydrogen-bond donors (Lipinski definition) is 0. The SMILES string of the molecule is Cc1ccc2c(c1)-c1ccccc1CC2CCc1ccc(-n2c3ccccc3c3cc(C)ccc32)cc1. The summed E-state index contributed by atoms with van der Waals surface area (Å²) < 4.78 is 2.41. The lowest BCUT2D eigenvalue weighted by molar-refractivity contribution is 0.616. The maximum Gasteiger partial charge on any atom is 0.0541 e. The first-order valence-corrected chi connectivity index (χ1v) is 13.4. The molecule has 1 unspecified atom stereocenters. The van der Waals surface area contributed by atoms with Crippen LogP contribution in [0.1, 0.15) is 40.2 Å². The summed E-state index contributed by atoms with van der Waals surface area (Å²) in [5.41, 5.74) is 13.7. The molecule has 1 heterocycles. The van der Waals surface area contributed by atoms with Gasteiger partial charge in [0.15, 0.2) is 0 Å². The zero-order chi connectivity index (χ0) is 24.9. The monoisotopic (exact) mass is 477 g/mol. The molecule has 1 aliphatic rings. The molecule has 0 bridgehead atoms. The third kappa shape index (κ3) is 3.78. The Morgan fingerprint density at radius 1 is 0.649 bits per heavy atom. The first kappa shape index (κ1) is 22.1. The second-order valence-corrected chi connectivity index (χ2v) is 10.7. The number of aryl methyl sites for hydroxylation is 3. The molecular formula is C36H31N. The van der Waals surface area contributed by atoms with E-state index in [2.05, 4.69) is 128 Å². The molecule has 0 fully saturated rings. The Balaban J connectivity index is 1.18. The molecular weight excluding hydrogens is 446 g/mol. The highest BCUT2D eigenvalue weighted by Gasteiger charge is 2.24. The van der Waals surface area contributed by atoms with Crippen LogP contribution in [-0.2, 0) is 12.8 Å². The van der Waals surface area contributed by atoms with Gasteiger partial charge in [0.25, 0.3) is 0 Å². The number of nitrogens with zero attached hydrogens (tertiary/aromatic N) is 1. The minimum absolute atomic E-state index is 0.561. The van der Waals surface area contributed by atoms with Crippen molar-refractivity contribution < 1.29 is 0 Å². The summed E-state index contributed by atoms with van der Waals surface area (Å²) >= 11 is 0. The maximum absolute atomic E-state index is 2.41. The van der Waals surface area contributed by atoms with E-state index in [1.165, 1.54) is 72.9 Å². The van der Waals surface area contributed by atoms with E-state index in [9.17, 15) is 0 Å². The topological polar surface area (TPSA) is 4.93 Å². The largest absolute Gasteiger partial charge is 0.309 e. The Hall–Kier alpha value is -4.10. The van der Waals surface area contributed by atoms with Crippen molar-refractivity contribution in [3.05, 3.63) is 137 Å². The molecule has 180 valence electrons. The number of fused-ring (bicyclic) bond motifs is 6. The molecule has 0 aliphatic heterocycles. The van der Waals surface area contributed by atoms with Gasteiger partial charge in [0.05, 0.1) is 11.0 Å². The summed E-state index contributed by atoms with van der Waals surface area (Å²) in [6, 6.07) is 40.8. The molecule has 0 saturated heterocycles. The van der Waals surface area contributed by atoms with Crippen molar-refractivity contribution in [2.24, 2.45) is 0 Å². The molecule has 1 heteroatoms. The molecule has 1 atom stereocenters. The van der Waals surface area contributed by atoms with Crippen LogP contribution in [-0.4, -0.2) is 4.57 Å². The Bertz CT molecular complexity index is 1770. The lowest BCUT2D eigenvalue weighted by atomic mass is 9.76. The van der Waals surface area contributed by atoms with Crippen molar-refractivity contribution in [1.82, 2.24) is 4.57 Å². The average molecular weight is 478 g/mol. The highest BCUT2D eigenvalue weighted by atomic mass is 15.0. The second kappa shape index (κ2) is 8.78. The zero-order valence-electron chi connectivity index (χ0n) is 21.5. The smallest absolute Gasteiger partial charge is 0.0541 e. The van der Waals surface area contributed by atoms with Gasteiger partial charge in [0, 0.05) is 16.5 Å². The normalized spacial score (nSPS) is 14.6. The van der Waals surface area contributed by atoms with Crippen LogP contribution in [0.2, 0.25) is 0 Å². The molecule has 0 radical (unpaired) electrons. The fourth-order valence-corrected chi connectivity index (χ4v) is 6.37. The number of para-hydroxylation sites is 1. The predicted molar refractivity (Wildman–Crippen MR) is 157 cm³/mol. The van der Waals surface area contributed by atoms with Crippen LogP contribution < -0.4 is 0 Å². The van der Waals surface area contributed by atoms with Crippen LogP contribution in [0.3, 0.4) is 0 Å². The van der Waals surface area contributed by atoms with Crippen LogP contribution in [0.5, 0.6) is 0 Å². The molecule has 0 spiro atoms. The summed E-state index contributed by atoms with van der Waals surface area (Å²) in [7, 11) is 0. The summed E-state index contributed by atoms with van der Waals surface area (Å²) in [4.78, 5) is 0. The van der Waals surface area contributed by atoms with E-state index < -0.39 is 0 Å². The lowest BCUT2D eigenvalue weighted by Gasteiger charge is -2.28. The third-order valence-electron chi connectivity index (χ3n) is 8.23. The molecule has 0 saturated carbocycles. The Kier molecular flexibility index (Phi) is 5.25. The quantitative estimate of drug-likeness (QED) is 0.238. The molecule has 5 aromatic carbocycles. The molecule has 0 amide bonds. The molecule has 0 N–H and O–H groups in total. The Labute approximate surface area is 219 Å². The first-order valence-electron chi connectivity index (χ1n) is 13.4. The van der Waals surface area contributed by atoms with Crippen molar-refractivity contribution in [3.63, 3.8) is 0 Å². The number of rotatable bonds is 4. The summed E-state index contributed by atoms with van der Waals surface area (Å²) in [5, 5.41) is 2.64. The van der Waals surface area contributed by atoms with Gasteiger partial charge in [-0.15, -0.1) is 0 Å². The van der Waals surface area contributed by atoms with Crippen molar-refractivity contribution in [2.75, 3.05) is 0 Å². The fraction of sp³-hybridized carbons (Fsp3) is 0.167. The second-order valence-electron chi connectivity index (χ2n) is 10.7. The van der Waals surface area contributed by atoms with Crippen LogP contribution in [0.15, 0.2) is 109 Å². The van der Waals surface area contributed by atoms with Gasteiger partial charge in [0.2, 0.25) is 0 Å². The highest BCUT2D eigenvalue weighted by molar-refractivity contribution is 6.09. The summed E-state index contributed by atoms with van der Waals surface area (Å²) in [6.07, 6.45) is 3.39. The maximum atomic E-state index is 2.41. The molecule has 37 heavy (non-hydrogen) atoms. The van der Waals surface area contributed by atoms with Gasteiger partial charge in [-0.3, -0.25) is 0 Å². The molecule has 6 aromatic rings. The standard InChI is InChI=1S/C36H31N/c1-24-11-19-31-28(23-27-7-3-4-8-30(27)33(31)21-24)16-13-26-14-17-29(18-15-26)37-35-10-6-5-9-32(35)34-22-25(2)12-20-36(34)37/h3-12,14-15,17-22,28H,13,16,23H2,1-2H3. The van der Waals surface area contributed by atoms with Gasteiger partial charge in [-0.2, -0.15) is 0 Å². The fourth-order valence-electron chi connectivity index (χ4n) is 6.37. The summed E-state index contributed by atoms with van der Waals surface area (Å²) in [6.45, 7) is 4.37. The van der Waals surface area contributed by atoms with Gasteiger partial charge in [-0.25, -0.2) is 0 Å². The van der Waals surface area contributed by atoms with E-state index in [4.69, 9.17) is 0 Å². The minimum Gasteiger partial charge on any atom is -0.309 e. The van der Waals surface area contributed by atoms with E-state index in [-0.39, 0.29) is 0 Å². The van der Waals surface area contributed by atoms with E-state index in [1.54, 1.807) is 0 Å². The lowest BCUT2D eigenvalue weighted by Crippen LogP contribution is -2.12. The number of aromatic nitrogens is 1. The van der Waals surface area contributed by atoms with Crippen LogP contribution in [0.4, 0.5) is 0 Å². The molecule has 1 aliphatic carbocycles. The average Bonchev–Trinajstić information content (AvgIpc) is 3.25. The van der Waals surface area contributed by atoms with Crippen molar-refractivity contribution in [1.29, 1.82) is 0 Å². The molecule has 1 aromatic heterocycles.